The van der Waals surface area contributed by atoms with E-state index in [2.05, 4.69) is 0 Å². The Kier molecular flexibility index (Phi) is 3.28. The number of carboxylic acid groups (broad SMARTS) is 1. The zero-order chi connectivity index (χ0) is 14.1. The van der Waals surface area contributed by atoms with Gasteiger partial charge in [-0.3, -0.25) is 4.79 Å². The topological polar surface area (TPSA) is 57.6 Å². The van der Waals surface area contributed by atoms with Crippen molar-refractivity contribution >= 4 is 28.9 Å². The predicted octanol–water partition coefficient (Wildman–Crippen LogP) is 3.04. The summed E-state index contributed by atoms with van der Waals surface area (Å²) in [5.41, 5.74) is 2.11. The summed E-state index contributed by atoms with van der Waals surface area (Å²) in [6.07, 6.45) is 1.91. The molecule has 5 heteroatoms. The fourth-order valence-electron chi connectivity index (χ4n) is 2.45. The molecule has 4 nitrogen and oxygen atoms in total. The number of para-hydroxylation sites is 1. The van der Waals surface area contributed by atoms with Gasteiger partial charge >= 0.3 is 5.97 Å². The molecular formula is C15H13NO3S. The van der Waals surface area contributed by atoms with Crippen molar-refractivity contribution in [3.63, 3.8) is 0 Å². The SMILES string of the molecule is O=C(O)c1ccc(C(=O)N2CCCc3ccccc32)s1. The summed E-state index contributed by atoms with van der Waals surface area (Å²) >= 11 is 1.03. The molecule has 0 fully saturated rings. The summed E-state index contributed by atoms with van der Waals surface area (Å²) < 4.78 is 0. The van der Waals surface area contributed by atoms with Crippen LogP contribution in [-0.4, -0.2) is 23.5 Å². The molecule has 0 spiro atoms. The first kappa shape index (κ1) is 12.9. The van der Waals surface area contributed by atoms with E-state index in [4.69, 9.17) is 5.11 Å². The average Bonchev–Trinajstić information content (AvgIpc) is 2.96. The molecule has 0 unspecified atom stereocenters. The summed E-state index contributed by atoms with van der Waals surface area (Å²) in [4.78, 5) is 25.8. The largest absolute Gasteiger partial charge is 0.477 e. The molecule has 0 saturated heterocycles. The molecule has 1 amide bonds. The Hall–Kier alpha value is -2.14. The summed E-state index contributed by atoms with van der Waals surface area (Å²) in [7, 11) is 0. The highest BCUT2D eigenvalue weighted by atomic mass is 32.1. The summed E-state index contributed by atoms with van der Waals surface area (Å²) in [5, 5.41) is 8.93. The van der Waals surface area contributed by atoms with Crippen LogP contribution in [0.2, 0.25) is 0 Å². The zero-order valence-corrected chi connectivity index (χ0v) is 11.5. The molecule has 102 valence electrons. The minimum Gasteiger partial charge on any atom is -0.477 e. The monoisotopic (exact) mass is 287 g/mol. The highest BCUT2D eigenvalue weighted by molar-refractivity contribution is 7.16. The molecule has 1 aliphatic heterocycles. The molecule has 2 aromatic rings. The quantitative estimate of drug-likeness (QED) is 0.923. The van der Waals surface area contributed by atoms with E-state index in [9.17, 15) is 9.59 Å². The fraction of sp³-hybridized carbons (Fsp3) is 0.200. The van der Waals surface area contributed by atoms with Crippen LogP contribution in [0, 0.1) is 0 Å². The Morgan fingerprint density at radius 3 is 2.60 bits per heavy atom. The number of aryl methyl sites for hydroxylation is 1. The van der Waals surface area contributed by atoms with Crippen LogP contribution in [0.25, 0.3) is 0 Å². The van der Waals surface area contributed by atoms with Gasteiger partial charge in [0.05, 0.1) is 4.88 Å². The highest BCUT2D eigenvalue weighted by Gasteiger charge is 2.24. The first-order chi connectivity index (χ1) is 9.66. The fourth-order valence-corrected chi connectivity index (χ4v) is 3.24. The van der Waals surface area contributed by atoms with Crippen LogP contribution in [0.15, 0.2) is 36.4 Å². The van der Waals surface area contributed by atoms with Gasteiger partial charge in [-0.2, -0.15) is 0 Å². The molecule has 3 rings (SSSR count). The number of carbonyl (C=O) groups excluding carboxylic acids is 1. The first-order valence-corrected chi connectivity index (χ1v) is 7.21. The van der Waals surface area contributed by atoms with Crippen molar-refractivity contribution < 1.29 is 14.7 Å². The molecule has 1 aromatic carbocycles. The molecule has 20 heavy (non-hydrogen) atoms. The maximum Gasteiger partial charge on any atom is 0.345 e. The maximum absolute atomic E-state index is 12.5. The average molecular weight is 287 g/mol. The van der Waals surface area contributed by atoms with Crippen molar-refractivity contribution in [2.24, 2.45) is 0 Å². The second-order valence-electron chi connectivity index (χ2n) is 4.66. The second kappa shape index (κ2) is 5.09. The Morgan fingerprint density at radius 2 is 1.85 bits per heavy atom. The van der Waals surface area contributed by atoms with E-state index in [1.807, 2.05) is 24.3 Å². The van der Waals surface area contributed by atoms with Gasteiger partial charge in [-0.05, 0) is 36.6 Å². The lowest BCUT2D eigenvalue weighted by Gasteiger charge is -2.29. The number of amides is 1. The highest BCUT2D eigenvalue weighted by Crippen LogP contribution is 2.29. The molecule has 1 aliphatic rings. The van der Waals surface area contributed by atoms with Gasteiger partial charge in [-0.25, -0.2) is 4.79 Å². The Morgan fingerprint density at radius 1 is 1.10 bits per heavy atom. The number of thiophene rings is 1. The molecule has 0 saturated carbocycles. The lowest BCUT2D eigenvalue weighted by molar-refractivity contribution is 0.0702. The van der Waals surface area contributed by atoms with E-state index < -0.39 is 5.97 Å². The summed E-state index contributed by atoms with van der Waals surface area (Å²) in [6, 6.07) is 10.9. The molecule has 1 aromatic heterocycles. The minimum atomic E-state index is -0.993. The third-order valence-electron chi connectivity index (χ3n) is 3.38. The number of anilines is 1. The molecular weight excluding hydrogens is 274 g/mol. The van der Waals surface area contributed by atoms with E-state index in [0.717, 1.165) is 29.9 Å². The number of fused-ring (bicyclic) bond motifs is 1. The summed E-state index contributed by atoms with van der Waals surface area (Å²) in [5.74, 6) is -1.11. The van der Waals surface area contributed by atoms with E-state index in [1.54, 1.807) is 11.0 Å². The van der Waals surface area contributed by atoms with Crippen LogP contribution in [0.3, 0.4) is 0 Å². The third kappa shape index (κ3) is 2.20. The zero-order valence-electron chi connectivity index (χ0n) is 10.7. The Bertz CT molecular complexity index is 677. The Balaban J connectivity index is 1.93. The van der Waals surface area contributed by atoms with Crippen molar-refractivity contribution in [3.8, 4) is 0 Å². The third-order valence-corrected chi connectivity index (χ3v) is 4.44. The number of rotatable bonds is 2. The van der Waals surface area contributed by atoms with Crippen molar-refractivity contribution in [3.05, 3.63) is 51.7 Å². The lowest BCUT2D eigenvalue weighted by Crippen LogP contribution is -2.34. The van der Waals surface area contributed by atoms with Crippen LogP contribution in [-0.2, 0) is 6.42 Å². The maximum atomic E-state index is 12.5. The van der Waals surface area contributed by atoms with Gasteiger partial charge in [-0.15, -0.1) is 11.3 Å². The van der Waals surface area contributed by atoms with Gasteiger partial charge in [-0.1, -0.05) is 18.2 Å². The molecule has 0 atom stereocenters. The van der Waals surface area contributed by atoms with E-state index in [0.29, 0.717) is 11.4 Å². The van der Waals surface area contributed by atoms with Gasteiger partial charge in [0, 0.05) is 12.2 Å². The van der Waals surface area contributed by atoms with E-state index in [1.165, 1.54) is 11.6 Å². The van der Waals surface area contributed by atoms with Crippen molar-refractivity contribution in [2.45, 2.75) is 12.8 Å². The molecule has 0 bridgehead atoms. The van der Waals surface area contributed by atoms with Gasteiger partial charge in [0.2, 0.25) is 0 Å². The van der Waals surface area contributed by atoms with Crippen LogP contribution < -0.4 is 4.90 Å². The van der Waals surface area contributed by atoms with Crippen molar-refractivity contribution in [1.82, 2.24) is 0 Å². The second-order valence-corrected chi connectivity index (χ2v) is 5.74. The first-order valence-electron chi connectivity index (χ1n) is 6.40. The predicted molar refractivity (Wildman–Crippen MR) is 77.7 cm³/mol. The molecule has 0 radical (unpaired) electrons. The van der Waals surface area contributed by atoms with Crippen LogP contribution in [0.1, 0.15) is 31.3 Å². The number of hydrogen-bond acceptors (Lipinski definition) is 3. The Labute approximate surface area is 120 Å². The minimum absolute atomic E-state index is 0.116. The van der Waals surface area contributed by atoms with Gasteiger partial charge in [0.1, 0.15) is 4.88 Å². The molecule has 0 aliphatic carbocycles. The summed E-state index contributed by atoms with van der Waals surface area (Å²) in [6.45, 7) is 0.677. The lowest BCUT2D eigenvalue weighted by atomic mass is 10.0. The van der Waals surface area contributed by atoms with Crippen LogP contribution in [0.5, 0.6) is 0 Å². The van der Waals surface area contributed by atoms with Crippen LogP contribution >= 0.6 is 11.3 Å². The van der Waals surface area contributed by atoms with Crippen LogP contribution in [0.4, 0.5) is 5.69 Å². The standard InChI is InChI=1S/C15H13NO3S/c17-14(12-7-8-13(20-12)15(18)19)16-9-3-5-10-4-1-2-6-11(10)16/h1-2,4,6-8H,3,5,9H2,(H,18,19). The number of carboxylic acids is 1. The van der Waals surface area contributed by atoms with Crippen molar-refractivity contribution in [1.29, 1.82) is 0 Å². The number of hydrogen-bond donors (Lipinski definition) is 1. The van der Waals surface area contributed by atoms with Crippen molar-refractivity contribution in [2.75, 3.05) is 11.4 Å². The van der Waals surface area contributed by atoms with Gasteiger partial charge < -0.3 is 10.0 Å². The number of benzene rings is 1. The number of carbonyl (C=O) groups is 2. The van der Waals surface area contributed by atoms with Gasteiger partial charge in [0.25, 0.3) is 5.91 Å². The smallest absolute Gasteiger partial charge is 0.345 e. The normalized spacial score (nSPS) is 13.9. The number of aromatic carboxylic acids is 1. The number of nitrogens with zero attached hydrogens (tertiary/aromatic N) is 1. The van der Waals surface area contributed by atoms with Gasteiger partial charge in [0.15, 0.2) is 0 Å². The van der Waals surface area contributed by atoms with E-state index in [-0.39, 0.29) is 10.8 Å². The van der Waals surface area contributed by atoms with E-state index >= 15 is 0 Å². The molecule has 1 N–H and O–H groups in total. The molecule has 2 heterocycles.